The van der Waals surface area contributed by atoms with Crippen LogP contribution in [0.5, 0.6) is 5.75 Å². The molecule has 165 valence electrons. The van der Waals surface area contributed by atoms with Crippen LogP contribution < -0.4 is 0 Å². The molecule has 0 unspecified atom stereocenters. The Morgan fingerprint density at radius 3 is 1.57 bits per heavy atom. The number of rotatable bonds is 2. The lowest BCUT2D eigenvalue weighted by atomic mass is 9.77. The average molecular weight is 408 g/mol. The van der Waals surface area contributed by atoms with Crippen molar-refractivity contribution < 1.29 is 5.11 Å². The highest BCUT2D eigenvalue weighted by Gasteiger charge is 2.26. The van der Waals surface area contributed by atoms with Gasteiger partial charge in [-0.3, -0.25) is 0 Å². The van der Waals surface area contributed by atoms with Gasteiger partial charge in [-0.2, -0.15) is 0 Å². The first-order valence-corrected chi connectivity index (χ1v) is 11.2. The molecule has 0 saturated heterocycles. The fourth-order valence-corrected chi connectivity index (χ4v) is 3.60. The fourth-order valence-electron chi connectivity index (χ4n) is 3.60. The van der Waals surface area contributed by atoms with Crippen LogP contribution in [-0.2, 0) is 28.1 Å². The standard InChI is InChI=1S/C29H43O/c1-26(2,3)21-14-19(15-22(17-21)27(4,5)6)13-20-16-23(28(7,8)9)18-24(25(20)30)29(10,11)12/h14,16-18,30H,13H2,1-12H3. The number of hydrogen-bond donors (Lipinski definition) is 1. The molecular weight excluding hydrogens is 364 g/mol. The summed E-state index contributed by atoms with van der Waals surface area (Å²) >= 11 is 0. The van der Waals surface area contributed by atoms with E-state index in [4.69, 9.17) is 0 Å². The summed E-state index contributed by atoms with van der Waals surface area (Å²) in [6.07, 6.45) is 0.686. The maximum atomic E-state index is 11.2. The third-order valence-corrected chi connectivity index (χ3v) is 5.84. The van der Waals surface area contributed by atoms with Gasteiger partial charge in [0.2, 0.25) is 0 Å². The molecule has 0 atom stereocenters. The third-order valence-electron chi connectivity index (χ3n) is 5.84. The molecule has 2 rings (SSSR count). The lowest BCUT2D eigenvalue weighted by Gasteiger charge is -2.28. The maximum absolute atomic E-state index is 11.2. The molecule has 1 nitrogen and oxygen atoms in total. The zero-order valence-electron chi connectivity index (χ0n) is 21.5. The summed E-state index contributed by atoms with van der Waals surface area (Å²) in [6.45, 7) is 26.7. The van der Waals surface area contributed by atoms with Crippen molar-refractivity contribution >= 4 is 0 Å². The van der Waals surface area contributed by atoms with Gasteiger partial charge in [0, 0.05) is 6.42 Å². The predicted octanol–water partition coefficient (Wildman–Crippen LogP) is 7.97. The second-order valence-corrected chi connectivity index (χ2v) is 13.0. The van der Waals surface area contributed by atoms with Crippen molar-refractivity contribution in [3.05, 3.63) is 63.7 Å². The van der Waals surface area contributed by atoms with E-state index in [0.717, 1.165) is 16.7 Å². The van der Waals surface area contributed by atoms with Crippen molar-refractivity contribution in [1.29, 1.82) is 0 Å². The smallest absolute Gasteiger partial charge is 0.122 e. The predicted molar refractivity (Wildman–Crippen MR) is 131 cm³/mol. The molecule has 0 aromatic heterocycles. The molecule has 0 aliphatic carbocycles. The van der Waals surface area contributed by atoms with Gasteiger partial charge in [0.25, 0.3) is 0 Å². The van der Waals surface area contributed by atoms with E-state index in [9.17, 15) is 5.11 Å². The Morgan fingerprint density at radius 2 is 1.13 bits per heavy atom. The molecule has 1 heteroatoms. The van der Waals surface area contributed by atoms with E-state index >= 15 is 0 Å². The molecule has 0 saturated carbocycles. The summed E-state index contributed by atoms with van der Waals surface area (Å²) in [5.74, 6) is 0.433. The minimum absolute atomic E-state index is 0.0238. The molecule has 30 heavy (non-hydrogen) atoms. The van der Waals surface area contributed by atoms with Gasteiger partial charge in [-0.05, 0) is 61.1 Å². The minimum atomic E-state index is -0.117. The minimum Gasteiger partial charge on any atom is -0.507 e. The average Bonchev–Trinajstić information content (AvgIpc) is 2.52. The van der Waals surface area contributed by atoms with Crippen LogP contribution in [0.1, 0.15) is 116 Å². The number of benzene rings is 2. The van der Waals surface area contributed by atoms with Crippen molar-refractivity contribution in [3.8, 4) is 5.75 Å². The van der Waals surface area contributed by atoms with E-state index in [2.05, 4.69) is 113 Å². The number of phenols is 1. The normalized spacial score (nSPS) is 13.6. The van der Waals surface area contributed by atoms with Crippen LogP contribution in [0.25, 0.3) is 0 Å². The van der Waals surface area contributed by atoms with Gasteiger partial charge >= 0.3 is 0 Å². The lowest BCUT2D eigenvalue weighted by Crippen LogP contribution is -2.18. The molecule has 1 N–H and O–H groups in total. The van der Waals surface area contributed by atoms with Gasteiger partial charge < -0.3 is 5.11 Å². The van der Waals surface area contributed by atoms with Crippen molar-refractivity contribution in [2.45, 2.75) is 111 Å². The Bertz CT molecular complexity index is 871. The summed E-state index contributed by atoms with van der Waals surface area (Å²) in [7, 11) is 0. The van der Waals surface area contributed by atoms with E-state index in [1.165, 1.54) is 16.7 Å². The van der Waals surface area contributed by atoms with E-state index in [1.807, 2.05) is 0 Å². The quantitative estimate of drug-likeness (QED) is 0.535. The summed E-state index contributed by atoms with van der Waals surface area (Å²) in [5.41, 5.74) is 6.98. The van der Waals surface area contributed by atoms with Crippen molar-refractivity contribution in [1.82, 2.24) is 0 Å². The molecule has 0 heterocycles. The molecule has 2 aromatic carbocycles. The lowest BCUT2D eigenvalue weighted by molar-refractivity contribution is 0.439. The van der Waals surface area contributed by atoms with E-state index in [1.54, 1.807) is 0 Å². The van der Waals surface area contributed by atoms with Crippen molar-refractivity contribution in [3.63, 3.8) is 0 Å². The van der Waals surface area contributed by atoms with Gasteiger partial charge in [-0.15, -0.1) is 0 Å². The number of hydrogen-bond acceptors (Lipinski definition) is 1. The fraction of sp³-hybridized carbons (Fsp3) is 0.586. The van der Waals surface area contributed by atoms with Gasteiger partial charge in [0.1, 0.15) is 5.75 Å². The second kappa shape index (κ2) is 7.74. The molecule has 0 aliphatic heterocycles. The highest BCUT2D eigenvalue weighted by atomic mass is 16.3. The SMILES string of the molecule is CC(C)(C)c1[c]c(Cc2cc(C(C)(C)C)cc(C(C)(C)C)c2O)cc(C(C)(C)C)c1. The van der Waals surface area contributed by atoms with Crippen LogP contribution in [0.2, 0.25) is 0 Å². The molecule has 0 amide bonds. The van der Waals surface area contributed by atoms with Gasteiger partial charge in [-0.1, -0.05) is 107 Å². The molecule has 0 bridgehead atoms. The highest BCUT2D eigenvalue weighted by molar-refractivity contribution is 5.51. The van der Waals surface area contributed by atoms with Crippen LogP contribution in [0.3, 0.4) is 0 Å². The van der Waals surface area contributed by atoms with Crippen LogP contribution >= 0.6 is 0 Å². The van der Waals surface area contributed by atoms with Crippen LogP contribution in [0.4, 0.5) is 0 Å². The van der Waals surface area contributed by atoms with E-state index in [0.29, 0.717) is 12.2 Å². The Kier molecular flexibility index (Phi) is 6.32. The van der Waals surface area contributed by atoms with Crippen LogP contribution in [0, 0.1) is 6.07 Å². The molecule has 1 radical (unpaired) electrons. The summed E-state index contributed by atoms with van der Waals surface area (Å²) < 4.78 is 0. The number of phenolic OH excluding ortho intramolecular Hbond substituents is 1. The first-order chi connectivity index (χ1) is 13.3. The molecule has 0 spiro atoms. The zero-order chi connectivity index (χ0) is 23.3. The van der Waals surface area contributed by atoms with Gasteiger partial charge in [-0.25, -0.2) is 0 Å². The number of aromatic hydroxyl groups is 1. The summed E-state index contributed by atoms with van der Waals surface area (Å²) in [4.78, 5) is 0. The second-order valence-electron chi connectivity index (χ2n) is 13.0. The first-order valence-electron chi connectivity index (χ1n) is 11.2. The Morgan fingerprint density at radius 1 is 0.633 bits per heavy atom. The summed E-state index contributed by atoms with van der Waals surface area (Å²) in [5, 5.41) is 11.2. The molecule has 0 fully saturated rings. The Balaban J connectivity index is 2.70. The Hall–Kier alpha value is -1.76. The largest absolute Gasteiger partial charge is 0.507 e. The molecule has 0 aliphatic rings. The topological polar surface area (TPSA) is 20.2 Å². The van der Waals surface area contributed by atoms with Crippen LogP contribution in [-0.4, -0.2) is 5.11 Å². The zero-order valence-corrected chi connectivity index (χ0v) is 21.5. The van der Waals surface area contributed by atoms with Gasteiger partial charge in [0.15, 0.2) is 0 Å². The summed E-state index contributed by atoms with van der Waals surface area (Å²) in [6, 6.07) is 12.6. The van der Waals surface area contributed by atoms with Gasteiger partial charge in [0.05, 0.1) is 0 Å². The third kappa shape index (κ3) is 5.68. The highest BCUT2D eigenvalue weighted by Crippen LogP contribution is 2.39. The van der Waals surface area contributed by atoms with Crippen LogP contribution in [0.15, 0.2) is 24.3 Å². The molecular formula is C29H43O. The van der Waals surface area contributed by atoms with Crippen molar-refractivity contribution in [2.75, 3.05) is 0 Å². The molecule has 2 aromatic rings. The van der Waals surface area contributed by atoms with E-state index < -0.39 is 0 Å². The first kappa shape index (κ1) is 24.5. The Labute approximate surface area is 185 Å². The maximum Gasteiger partial charge on any atom is 0.122 e. The monoisotopic (exact) mass is 407 g/mol. The van der Waals surface area contributed by atoms with E-state index in [-0.39, 0.29) is 21.7 Å². The van der Waals surface area contributed by atoms with Crippen molar-refractivity contribution in [2.24, 2.45) is 0 Å².